The number of nitrogens with one attached hydrogen (secondary N) is 1. The molecule has 5 nitrogen and oxygen atoms in total. The number of nitrogens with zero attached hydrogens (tertiary/aromatic N) is 1. The molecule has 1 aliphatic heterocycles. The second-order valence-corrected chi connectivity index (χ2v) is 9.00. The molecule has 1 aromatic heterocycles. The summed E-state index contributed by atoms with van der Waals surface area (Å²) >= 11 is 0. The molecule has 0 atom stereocenters. The number of aromatic amines is 1. The van der Waals surface area contributed by atoms with Gasteiger partial charge in [-0.3, -0.25) is 4.79 Å². The Hall–Kier alpha value is -2.51. The molecule has 7 heteroatoms. The molecule has 0 radical (unpaired) electrons. The summed E-state index contributed by atoms with van der Waals surface area (Å²) in [5.41, 5.74) is 2.25. The van der Waals surface area contributed by atoms with E-state index in [1.165, 1.54) is 16.4 Å². The molecule has 4 rings (SSSR count). The highest BCUT2D eigenvalue weighted by molar-refractivity contribution is 7.89. The number of H-pyrrole nitrogens is 1. The van der Waals surface area contributed by atoms with E-state index in [0.29, 0.717) is 47.1 Å². The van der Waals surface area contributed by atoms with Gasteiger partial charge in [0.1, 0.15) is 5.82 Å². The van der Waals surface area contributed by atoms with Gasteiger partial charge in [-0.25, -0.2) is 12.8 Å². The van der Waals surface area contributed by atoms with Crippen LogP contribution in [0.2, 0.25) is 0 Å². The molecule has 3 aromatic rings. The average molecular weight is 400 g/mol. The van der Waals surface area contributed by atoms with E-state index in [4.69, 9.17) is 0 Å². The number of sulfonamides is 1. The Kier molecular flexibility index (Phi) is 5.03. The normalized spacial score (nSPS) is 16.2. The predicted octanol–water partition coefficient (Wildman–Crippen LogP) is 4.35. The van der Waals surface area contributed by atoms with Gasteiger partial charge in [-0.15, -0.1) is 0 Å². The van der Waals surface area contributed by atoms with Crippen LogP contribution in [0.4, 0.5) is 4.39 Å². The molecular weight excluding hydrogens is 379 g/mol. The maximum absolute atomic E-state index is 13.2. The van der Waals surface area contributed by atoms with Crippen molar-refractivity contribution in [1.82, 2.24) is 9.29 Å². The van der Waals surface area contributed by atoms with E-state index >= 15 is 0 Å². The monoisotopic (exact) mass is 400 g/mol. The number of hydrogen-bond donors (Lipinski definition) is 1. The molecule has 0 saturated carbocycles. The lowest BCUT2D eigenvalue weighted by molar-refractivity contribution is 0.112. The Bertz CT molecular complexity index is 1110. The molecule has 1 aliphatic rings. The van der Waals surface area contributed by atoms with E-state index < -0.39 is 10.0 Å². The van der Waals surface area contributed by atoms with E-state index in [1.807, 2.05) is 0 Å². The van der Waals surface area contributed by atoms with Crippen LogP contribution >= 0.6 is 0 Å². The van der Waals surface area contributed by atoms with Gasteiger partial charge in [-0.05, 0) is 60.9 Å². The van der Waals surface area contributed by atoms with Crippen molar-refractivity contribution in [3.8, 4) is 11.3 Å². The van der Waals surface area contributed by atoms with Crippen LogP contribution in [0.15, 0.2) is 47.4 Å². The Morgan fingerprint density at radius 2 is 1.64 bits per heavy atom. The molecule has 28 heavy (non-hydrogen) atoms. The van der Waals surface area contributed by atoms with Gasteiger partial charge in [0.2, 0.25) is 10.0 Å². The van der Waals surface area contributed by atoms with E-state index in [-0.39, 0.29) is 10.7 Å². The minimum atomic E-state index is -3.61. The Balaban J connectivity index is 1.80. The number of hydrogen-bond acceptors (Lipinski definition) is 3. The number of carbonyl (C=O) groups is 1. The van der Waals surface area contributed by atoms with Gasteiger partial charge in [0.05, 0.1) is 10.6 Å². The molecule has 0 bridgehead atoms. The summed E-state index contributed by atoms with van der Waals surface area (Å²) in [6.07, 6.45) is 4.51. The fourth-order valence-electron chi connectivity index (χ4n) is 3.75. The Morgan fingerprint density at radius 3 is 2.29 bits per heavy atom. The van der Waals surface area contributed by atoms with Crippen molar-refractivity contribution in [3.63, 3.8) is 0 Å². The van der Waals surface area contributed by atoms with Crippen LogP contribution in [0.25, 0.3) is 22.2 Å². The maximum atomic E-state index is 13.2. The van der Waals surface area contributed by atoms with Crippen molar-refractivity contribution in [2.24, 2.45) is 0 Å². The van der Waals surface area contributed by atoms with E-state index in [2.05, 4.69) is 4.98 Å². The molecule has 0 aliphatic carbocycles. The van der Waals surface area contributed by atoms with Gasteiger partial charge < -0.3 is 4.98 Å². The van der Waals surface area contributed by atoms with Crippen molar-refractivity contribution in [2.75, 3.05) is 13.1 Å². The highest BCUT2D eigenvalue weighted by atomic mass is 32.2. The van der Waals surface area contributed by atoms with Crippen LogP contribution in [-0.4, -0.2) is 37.1 Å². The fraction of sp³-hybridized carbons (Fsp3) is 0.286. The first kappa shape index (κ1) is 18.8. The second kappa shape index (κ2) is 7.48. The third-order valence-electron chi connectivity index (χ3n) is 5.26. The van der Waals surface area contributed by atoms with Crippen molar-refractivity contribution in [2.45, 2.75) is 30.6 Å². The van der Waals surface area contributed by atoms with Gasteiger partial charge in [-0.2, -0.15) is 4.31 Å². The third-order valence-corrected chi connectivity index (χ3v) is 7.16. The summed E-state index contributed by atoms with van der Waals surface area (Å²) in [6.45, 7) is 1.05. The minimum Gasteiger partial charge on any atom is -0.354 e. The smallest absolute Gasteiger partial charge is 0.243 e. The highest BCUT2D eigenvalue weighted by Crippen LogP contribution is 2.32. The number of fused-ring (bicyclic) bond motifs is 1. The van der Waals surface area contributed by atoms with Gasteiger partial charge in [0.15, 0.2) is 6.29 Å². The Morgan fingerprint density at radius 1 is 0.964 bits per heavy atom. The number of halogens is 1. The molecule has 2 heterocycles. The third kappa shape index (κ3) is 3.36. The largest absolute Gasteiger partial charge is 0.354 e. The van der Waals surface area contributed by atoms with Crippen molar-refractivity contribution in [1.29, 1.82) is 0 Å². The lowest BCUT2D eigenvalue weighted by Gasteiger charge is -2.20. The lowest BCUT2D eigenvalue weighted by Crippen LogP contribution is -2.31. The van der Waals surface area contributed by atoms with E-state index in [9.17, 15) is 17.6 Å². The van der Waals surface area contributed by atoms with Gasteiger partial charge in [0.25, 0.3) is 0 Å². The molecule has 0 spiro atoms. The number of aromatic nitrogens is 1. The summed E-state index contributed by atoms with van der Waals surface area (Å²) in [6, 6.07) is 10.6. The number of rotatable bonds is 4. The number of aldehydes is 1. The molecule has 0 amide bonds. The summed E-state index contributed by atoms with van der Waals surface area (Å²) in [4.78, 5) is 15.1. The highest BCUT2D eigenvalue weighted by Gasteiger charge is 2.26. The standard InChI is InChI=1S/C21H21FN2O3S/c22-16-7-5-15(6-8-16)21-19(14-25)18-13-17(9-10-20(18)23-21)28(26,27)24-11-3-1-2-4-12-24/h5-10,13-14,23H,1-4,11-12H2. The average Bonchev–Trinajstić information content (AvgIpc) is 2.86. The fourth-order valence-corrected chi connectivity index (χ4v) is 5.29. The number of benzene rings is 2. The van der Waals surface area contributed by atoms with Gasteiger partial charge >= 0.3 is 0 Å². The van der Waals surface area contributed by atoms with E-state index in [1.54, 1.807) is 30.3 Å². The molecular formula is C21H21FN2O3S. The van der Waals surface area contributed by atoms with Crippen LogP contribution in [-0.2, 0) is 10.0 Å². The van der Waals surface area contributed by atoms with Crippen molar-refractivity contribution in [3.05, 3.63) is 53.8 Å². The van der Waals surface area contributed by atoms with Crippen LogP contribution in [0.1, 0.15) is 36.0 Å². The zero-order chi connectivity index (χ0) is 19.7. The zero-order valence-corrected chi connectivity index (χ0v) is 16.1. The maximum Gasteiger partial charge on any atom is 0.243 e. The van der Waals surface area contributed by atoms with Crippen LogP contribution in [0, 0.1) is 5.82 Å². The molecule has 1 saturated heterocycles. The second-order valence-electron chi connectivity index (χ2n) is 7.06. The first-order valence-electron chi connectivity index (χ1n) is 9.38. The zero-order valence-electron chi connectivity index (χ0n) is 15.3. The number of carbonyl (C=O) groups excluding carboxylic acids is 1. The van der Waals surface area contributed by atoms with Gasteiger partial charge in [-0.1, -0.05) is 12.8 Å². The first-order valence-corrected chi connectivity index (χ1v) is 10.8. The first-order chi connectivity index (χ1) is 13.5. The molecule has 1 fully saturated rings. The quantitative estimate of drug-likeness (QED) is 0.662. The summed E-state index contributed by atoms with van der Waals surface area (Å²) in [5, 5.41) is 0.547. The lowest BCUT2D eigenvalue weighted by atomic mass is 10.1. The summed E-state index contributed by atoms with van der Waals surface area (Å²) < 4.78 is 40.9. The van der Waals surface area contributed by atoms with Crippen molar-refractivity contribution >= 4 is 27.2 Å². The van der Waals surface area contributed by atoms with Crippen molar-refractivity contribution < 1.29 is 17.6 Å². The molecule has 0 unspecified atom stereocenters. The van der Waals surface area contributed by atoms with Gasteiger partial charge in [0, 0.05) is 29.6 Å². The molecule has 146 valence electrons. The molecule has 1 N–H and O–H groups in total. The minimum absolute atomic E-state index is 0.189. The predicted molar refractivity (Wildman–Crippen MR) is 106 cm³/mol. The SMILES string of the molecule is O=Cc1c(-c2ccc(F)cc2)[nH]c2ccc(S(=O)(=O)N3CCCCCC3)cc12. The van der Waals surface area contributed by atoms with Crippen LogP contribution in [0.5, 0.6) is 0 Å². The summed E-state index contributed by atoms with van der Waals surface area (Å²) in [7, 11) is -3.61. The summed E-state index contributed by atoms with van der Waals surface area (Å²) in [5.74, 6) is -0.363. The Labute approximate surface area is 163 Å². The topological polar surface area (TPSA) is 70.2 Å². The van der Waals surface area contributed by atoms with Crippen LogP contribution < -0.4 is 0 Å². The van der Waals surface area contributed by atoms with E-state index in [0.717, 1.165) is 25.7 Å². The molecule has 2 aromatic carbocycles. The van der Waals surface area contributed by atoms with Crippen LogP contribution in [0.3, 0.4) is 0 Å².